The van der Waals surface area contributed by atoms with Crippen LogP contribution in [-0.4, -0.2) is 187 Å². The highest BCUT2D eigenvalue weighted by molar-refractivity contribution is 9.10. The zero-order chi connectivity index (χ0) is 88.2. The van der Waals surface area contributed by atoms with E-state index < -0.39 is 17.0 Å². The summed E-state index contributed by atoms with van der Waals surface area (Å²) in [6.45, 7) is 4.88. The van der Waals surface area contributed by atoms with Gasteiger partial charge in [-0.3, -0.25) is 63.0 Å². The molecule has 0 saturated carbocycles. The molecule has 126 heavy (non-hydrogen) atoms. The normalized spacial score (nSPS) is 14.5. The number of aromatic amines is 4. The van der Waals surface area contributed by atoms with E-state index in [0.717, 1.165) is 60.7 Å². The van der Waals surface area contributed by atoms with E-state index in [4.69, 9.17) is 96.8 Å². The monoisotopic (exact) mass is 1850 g/mol. The van der Waals surface area contributed by atoms with E-state index in [-0.39, 0.29) is 87.0 Å². The molecule has 0 radical (unpaired) electrons. The minimum atomic E-state index is -1.38. The summed E-state index contributed by atoms with van der Waals surface area (Å²) in [4.78, 5) is 138. The Kier molecular flexibility index (Phi) is 27.7. The maximum atomic E-state index is 13.0. The van der Waals surface area contributed by atoms with Crippen LogP contribution in [0.5, 0.6) is 0 Å². The van der Waals surface area contributed by atoms with Crippen molar-refractivity contribution in [3.63, 3.8) is 0 Å². The molecule has 4 fully saturated rings. The van der Waals surface area contributed by atoms with Crippen LogP contribution in [0.15, 0.2) is 183 Å². The largest absolute Gasteiger partial charge is 0.488 e. The Balaban J connectivity index is 0.000000123. The van der Waals surface area contributed by atoms with Crippen LogP contribution in [0.3, 0.4) is 0 Å². The van der Waals surface area contributed by atoms with Crippen LogP contribution < -0.4 is 45.0 Å². The molecule has 0 spiro atoms. The molecule has 3 aromatic carbocycles. The maximum Gasteiger partial charge on any atom is 0.488 e. The number of halogens is 5. The average molecular weight is 1860 g/mol. The van der Waals surface area contributed by atoms with Gasteiger partial charge in [-0.15, -0.1) is 0 Å². The molecule has 0 bridgehead atoms. The Labute approximate surface area is 738 Å². The number of nitrogens with one attached hydrogen (secondary N) is 5. The lowest BCUT2D eigenvalue weighted by Crippen LogP contribution is -2.29. The van der Waals surface area contributed by atoms with Gasteiger partial charge in [-0.25, -0.2) is 39.1 Å². The fourth-order valence-electron chi connectivity index (χ4n) is 14.6. The van der Waals surface area contributed by atoms with Crippen molar-refractivity contribution >= 4 is 166 Å². The number of nitro groups is 2. The quantitative estimate of drug-likeness (QED) is 0.0224. The van der Waals surface area contributed by atoms with Gasteiger partial charge in [-0.1, -0.05) is 46.4 Å². The van der Waals surface area contributed by atoms with Gasteiger partial charge in [-0.2, -0.15) is 24.9 Å². The molecule has 47 heteroatoms. The van der Waals surface area contributed by atoms with Gasteiger partial charge in [0.1, 0.15) is 51.2 Å². The van der Waals surface area contributed by atoms with Crippen LogP contribution in [0.25, 0.3) is 95.4 Å². The predicted octanol–water partition coefficient (Wildman–Crippen LogP) is 11.0. The molecule has 646 valence electrons. The smallest absolute Gasteiger partial charge is 0.423 e. The molecule has 0 aliphatic carbocycles. The molecule has 4 aliphatic rings. The van der Waals surface area contributed by atoms with Crippen LogP contribution in [0, 0.1) is 20.2 Å². The number of hydrogen-bond donors (Lipinski definition) is 9. The Morgan fingerprint density at radius 1 is 0.452 bits per heavy atom. The number of pyridine rings is 4. The summed E-state index contributed by atoms with van der Waals surface area (Å²) in [5, 5.41) is 43.3. The van der Waals surface area contributed by atoms with Crippen LogP contribution in [0.4, 0.5) is 34.9 Å². The number of anilines is 4. The average Bonchev–Trinajstić information content (AvgIpc) is 1.61. The molecule has 11 N–H and O–H groups in total. The van der Waals surface area contributed by atoms with Gasteiger partial charge in [0.2, 0.25) is 23.8 Å². The number of benzene rings is 3. The maximum absolute atomic E-state index is 13.0. The SMILES string of the molecule is Nc1nc(-c2ccncc2)c2[nH]c(=O)n(C3CCOCC3)c2n1.Nc1nc(Cl)c2[nH]c(=O)n(C3CCOCC3)c2n1.O=[N+]([O-])c1ccc(Cl)cc1Br.O=c1[nH]c2c(-c3ccncc3)nc(-n3cnc4ccc(Cl)cc43)nc2n1C1CCOCC1.O=c1[nH]c2c(-c3ccncc3)nc(Nc3cc(Cl)ccc3[N+](=O)[O-])nc2n1C1CCOCC1.OB(O)c1ccncc1. The summed E-state index contributed by atoms with van der Waals surface area (Å²) in [6.07, 6.45) is 20.6. The lowest BCUT2D eigenvalue weighted by Gasteiger charge is -2.23. The van der Waals surface area contributed by atoms with Crippen molar-refractivity contribution in [3.05, 3.63) is 246 Å². The fourth-order valence-corrected chi connectivity index (χ4v) is 16.0. The lowest BCUT2D eigenvalue weighted by molar-refractivity contribution is -0.385. The molecule has 0 unspecified atom stereocenters. The van der Waals surface area contributed by atoms with E-state index in [0.29, 0.717) is 164 Å². The van der Waals surface area contributed by atoms with E-state index >= 15 is 0 Å². The van der Waals surface area contributed by atoms with Crippen molar-refractivity contribution in [3.8, 4) is 39.7 Å². The van der Waals surface area contributed by atoms with Crippen LogP contribution in [0.1, 0.15) is 75.5 Å². The van der Waals surface area contributed by atoms with Gasteiger partial charge in [0.05, 0.1) is 25.4 Å². The molecule has 41 nitrogen and oxygen atoms in total. The summed E-state index contributed by atoms with van der Waals surface area (Å²) in [5.41, 5.74) is 20.7. The summed E-state index contributed by atoms with van der Waals surface area (Å²) in [5.74, 6) is 0.713. The Morgan fingerprint density at radius 2 is 0.825 bits per heavy atom. The summed E-state index contributed by atoms with van der Waals surface area (Å²) in [6, 6.07) is 28.0. The molecule has 4 aliphatic heterocycles. The molecule has 0 atom stereocenters. The predicted molar refractivity (Wildman–Crippen MR) is 473 cm³/mol. The van der Waals surface area contributed by atoms with Crippen LogP contribution >= 0.6 is 62.3 Å². The first-order valence-corrected chi connectivity index (χ1v) is 41.3. The molecule has 20 rings (SSSR count). The third kappa shape index (κ3) is 19.9. The third-order valence-corrected chi connectivity index (χ3v) is 22.2. The summed E-state index contributed by atoms with van der Waals surface area (Å²) in [7, 11) is -1.38. The highest BCUT2D eigenvalue weighted by Gasteiger charge is 2.30. The minimum Gasteiger partial charge on any atom is -0.423 e. The van der Waals surface area contributed by atoms with Gasteiger partial charge in [-0.05, 0) is 164 Å². The number of aromatic nitrogens is 22. The Morgan fingerprint density at radius 3 is 1.26 bits per heavy atom. The zero-order valence-corrected chi connectivity index (χ0v) is 70.6. The topological polar surface area (TPSA) is 551 Å². The van der Waals surface area contributed by atoms with Crippen molar-refractivity contribution in [2.75, 3.05) is 69.6 Å². The van der Waals surface area contributed by atoms with Crippen LogP contribution in [-0.2, 0) is 18.9 Å². The number of fused-ring (bicyclic) bond motifs is 5. The Hall–Kier alpha value is -13.2. The molecular weight excluding hydrogens is 1780 g/mol. The van der Waals surface area contributed by atoms with Crippen molar-refractivity contribution in [2.45, 2.75) is 75.5 Å². The first-order chi connectivity index (χ1) is 61.0. The lowest BCUT2D eigenvalue weighted by atomic mass is 9.81. The molecule has 0 amide bonds. The van der Waals surface area contributed by atoms with Gasteiger partial charge in [0.15, 0.2) is 27.7 Å². The van der Waals surface area contributed by atoms with Crippen molar-refractivity contribution in [2.24, 2.45) is 0 Å². The van der Waals surface area contributed by atoms with E-state index in [2.05, 4.69) is 96.0 Å². The van der Waals surface area contributed by atoms with Gasteiger partial charge >= 0.3 is 29.9 Å². The molecule has 13 aromatic heterocycles. The van der Waals surface area contributed by atoms with E-state index in [9.17, 15) is 39.4 Å². The molecule has 17 heterocycles. The summed E-state index contributed by atoms with van der Waals surface area (Å²) >= 11 is 26.8. The van der Waals surface area contributed by atoms with Crippen molar-refractivity contribution < 1.29 is 38.8 Å². The first kappa shape index (κ1) is 87.7. The standard InChI is InChI=1S/C22H18ClN7O2.C21H18ClN7O4.C15H16N6O2.C10H12ClN5O2.C6H3BrClNO2.C5H6BNO2/c23-14-1-2-16-17(11-14)29(12-25-16)21-26-18(13-3-7-24-8-4-13)19-20(28-21)30(22(31)27-19)15-5-9-32-10-6-15;22-13-1-2-16(29(31)32)15(11-13)24-20-25-17(12-3-7-23-8-4-12)18-19(27-20)28(21(30)26-18)14-5-9-33-10-6-14;16-14-18-11(9-1-5-17-6-2-9)12-13(20-14)21(15(22)19-12)10-3-7-23-8-4-10;11-7-6-8(15-9(12)14-7)16(10(17)13-6)5-1-3-18-4-2-5;7-5-3-4(8)1-2-6(5)9(10)11;8-6(9)5-1-3-7-4-2-5/h1-4,7-8,11-12,15H,5-6,9-10H2,(H,27,31);1-4,7-8,11,14H,5-6,9-10H2,(H,26,30)(H,24,25,27);1-2,5-6,10H,3-4,7-8H2,(H,19,22)(H2,16,18,20);5H,1-4H2,(H,13,17)(H2,12,14,15);1-3H;1-4,8-9H. The first-order valence-electron chi connectivity index (χ1n) is 39.0. The molecule has 4 saturated heterocycles. The van der Waals surface area contributed by atoms with E-state index in [1.165, 1.54) is 48.8 Å². The number of nitrogens with zero attached hydrogens (tertiary/aromatic N) is 20. The number of nitro benzene ring substituents is 2. The summed E-state index contributed by atoms with van der Waals surface area (Å²) < 4.78 is 30.4. The van der Waals surface area contributed by atoms with Crippen molar-refractivity contribution in [1.29, 1.82) is 0 Å². The van der Waals surface area contributed by atoms with E-state index in [1.54, 1.807) is 96.7 Å². The second-order valence-corrected chi connectivity index (χ2v) is 31.0. The van der Waals surface area contributed by atoms with Gasteiger partial charge < -0.3 is 65.7 Å². The minimum absolute atomic E-state index is 0.00650. The number of imidazole rings is 5. The van der Waals surface area contributed by atoms with Crippen molar-refractivity contribution in [1.82, 2.24) is 108 Å². The second kappa shape index (κ2) is 39.8. The highest BCUT2D eigenvalue weighted by atomic mass is 79.9. The van der Waals surface area contributed by atoms with E-state index in [1.807, 2.05) is 36.4 Å². The Bertz CT molecular complexity index is 6870. The molecular formula is C79H73BBrCl4N27O14. The number of ether oxygens (including phenoxy) is 4. The fraction of sp³-hybridized carbons (Fsp3) is 0.253. The second-order valence-electron chi connectivity index (χ2n) is 28.4. The number of hydrogen-bond acceptors (Lipinski definition) is 30. The third-order valence-electron chi connectivity index (χ3n) is 20.6. The number of H-pyrrole nitrogens is 4. The van der Waals surface area contributed by atoms with Gasteiger partial charge in [0, 0.05) is 170 Å². The number of nitrogen functional groups attached to an aromatic ring is 2. The zero-order valence-electron chi connectivity index (χ0n) is 66.0. The highest BCUT2D eigenvalue weighted by Crippen LogP contribution is 2.37. The molecule has 16 aromatic rings. The van der Waals surface area contributed by atoms with Crippen LogP contribution in [0.2, 0.25) is 20.2 Å². The number of rotatable bonds is 13. The number of nitrogens with two attached hydrogens (primary N) is 2. The van der Waals surface area contributed by atoms with Gasteiger partial charge in [0.25, 0.3) is 11.4 Å².